The van der Waals surface area contributed by atoms with E-state index in [2.05, 4.69) is 42.2 Å². The third kappa shape index (κ3) is 4.19. The Morgan fingerprint density at radius 1 is 0.861 bits per heavy atom. The minimum absolute atomic E-state index is 0.0841. The predicted molar refractivity (Wildman–Crippen MR) is 152 cm³/mol. The van der Waals surface area contributed by atoms with Crippen LogP contribution in [0.25, 0.3) is 16.8 Å². The molecule has 0 aliphatic carbocycles. The number of halogens is 1. The number of carbonyl (C=O) groups excluding carboxylic acids is 2. The average molecular weight is 532 g/mol. The molecular weight excluding hydrogens is 510 g/mol. The minimum atomic E-state index is -0.405. The summed E-state index contributed by atoms with van der Waals surface area (Å²) in [5, 5.41) is 3.80. The lowest BCUT2D eigenvalue weighted by Crippen LogP contribution is -2.52. The second-order valence-corrected chi connectivity index (χ2v) is 10.4. The summed E-state index contributed by atoms with van der Waals surface area (Å²) >= 11 is 13.2. The highest BCUT2D eigenvalue weighted by molar-refractivity contribution is 7.80. The van der Waals surface area contributed by atoms with Crippen LogP contribution in [0.2, 0.25) is 5.02 Å². The van der Waals surface area contributed by atoms with Crippen LogP contribution in [-0.2, 0) is 9.59 Å². The van der Waals surface area contributed by atoms with Crippen molar-refractivity contribution < 1.29 is 9.59 Å². The molecule has 1 aliphatic rings. The Morgan fingerprint density at radius 3 is 2.17 bits per heavy atom. The molecule has 5 nitrogen and oxygen atoms in total. The van der Waals surface area contributed by atoms with E-state index in [1.54, 1.807) is 20.2 Å². The molecule has 0 atom stereocenters. The van der Waals surface area contributed by atoms with E-state index in [-0.39, 0.29) is 10.7 Å². The lowest BCUT2D eigenvalue weighted by molar-refractivity contribution is -0.132. The van der Waals surface area contributed by atoms with E-state index in [1.165, 1.54) is 21.1 Å². The summed E-state index contributed by atoms with van der Waals surface area (Å²) in [7, 11) is 3.15. The molecule has 0 radical (unpaired) electrons. The predicted octanol–water partition coefficient (Wildman–Crippen LogP) is 6.93. The SMILES string of the molecule is Cc1ccc(N(c2ccc(C=C3C(=O)N(C)C(=S)N(C)C3=O)s2)c2ccc(Cl)c3ccccc23)cc1. The van der Waals surface area contributed by atoms with E-state index in [4.69, 9.17) is 23.8 Å². The first-order valence-electron chi connectivity index (χ1n) is 11.2. The fraction of sp³-hybridized carbons (Fsp3) is 0.107. The topological polar surface area (TPSA) is 43.9 Å². The lowest BCUT2D eigenvalue weighted by atomic mass is 10.1. The fourth-order valence-electron chi connectivity index (χ4n) is 4.18. The van der Waals surface area contributed by atoms with Crippen LogP contribution in [-0.4, -0.2) is 40.8 Å². The van der Waals surface area contributed by atoms with E-state index >= 15 is 0 Å². The molecule has 1 fully saturated rings. The number of rotatable bonds is 4. The molecule has 180 valence electrons. The third-order valence-electron chi connectivity index (χ3n) is 6.14. The number of anilines is 3. The van der Waals surface area contributed by atoms with Crippen molar-refractivity contribution in [2.24, 2.45) is 0 Å². The van der Waals surface area contributed by atoms with Crippen molar-refractivity contribution in [2.45, 2.75) is 6.92 Å². The van der Waals surface area contributed by atoms with Crippen molar-refractivity contribution in [1.29, 1.82) is 0 Å². The van der Waals surface area contributed by atoms with Crippen LogP contribution < -0.4 is 4.90 Å². The van der Waals surface area contributed by atoms with Crippen LogP contribution >= 0.6 is 35.2 Å². The van der Waals surface area contributed by atoms with Crippen molar-refractivity contribution >= 4 is 85.3 Å². The van der Waals surface area contributed by atoms with E-state index in [1.807, 2.05) is 42.5 Å². The van der Waals surface area contributed by atoms with E-state index in [9.17, 15) is 9.59 Å². The number of thiocarbonyl (C=S) groups is 1. The summed E-state index contributed by atoms with van der Waals surface area (Å²) in [5.41, 5.74) is 3.22. The molecule has 0 N–H and O–H groups in total. The van der Waals surface area contributed by atoms with Crippen molar-refractivity contribution in [3.05, 3.63) is 93.8 Å². The van der Waals surface area contributed by atoms with Crippen LogP contribution in [0.5, 0.6) is 0 Å². The number of fused-ring (bicyclic) bond motifs is 1. The van der Waals surface area contributed by atoms with Gasteiger partial charge in [0.15, 0.2) is 5.11 Å². The van der Waals surface area contributed by atoms with Gasteiger partial charge in [-0.3, -0.25) is 19.4 Å². The molecule has 2 heterocycles. The zero-order chi connectivity index (χ0) is 25.6. The molecule has 2 amide bonds. The van der Waals surface area contributed by atoms with Gasteiger partial charge in [0.1, 0.15) is 10.6 Å². The molecule has 36 heavy (non-hydrogen) atoms. The maximum atomic E-state index is 12.8. The summed E-state index contributed by atoms with van der Waals surface area (Å²) in [6.07, 6.45) is 1.64. The van der Waals surface area contributed by atoms with Crippen LogP contribution in [0.15, 0.2) is 78.4 Å². The van der Waals surface area contributed by atoms with Gasteiger partial charge in [-0.15, -0.1) is 11.3 Å². The highest BCUT2D eigenvalue weighted by atomic mass is 35.5. The van der Waals surface area contributed by atoms with Crippen LogP contribution in [0.4, 0.5) is 16.4 Å². The Labute approximate surface area is 223 Å². The zero-order valence-corrected chi connectivity index (χ0v) is 22.2. The Morgan fingerprint density at radius 2 is 1.50 bits per heavy atom. The summed E-state index contributed by atoms with van der Waals surface area (Å²) < 4.78 is 0. The Bertz CT molecular complexity index is 1530. The van der Waals surface area contributed by atoms with Crippen LogP contribution in [0.1, 0.15) is 10.4 Å². The summed E-state index contributed by atoms with van der Waals surface area (Å²) in [4.78, 5) is 31.2. The van der Waals surface area contributed by atoms with Gasteiger partial charge in [-0.1, -0.05) is 53.6 Å². The second-order valence-electron chi connectivity index (χ2n) is 8.53. The summed E-state index contributed by atoms with van der Waals surface area (Å²) in [5.74, 6) is -0.811. The quantitative estimate of drug-likeness (QED) is 0.163. The highest BCUT2D eigenvalue weighted by Gasteiger charge is 2.35. The molecule has 1 aromatic heterocycles. The maximum Gasteiger partial charge on any atom is 0.265 e. The van der Waals surface area contributed by atoms with Crippen LogP contribution in [0, 0.1) is 6.92 Å². The van der Waals surface area contributed by atoms with E-state index in [0.29, 0.717) is 5.02 Å². The molecule has 5 rings (SSSR count). The third-order valence-corrected chi connectivity index (χ3v) is 8.04. The number of nitrogens with zero attached hydrogens (tertiary/aromatic N) is 3. The number of benzene rings is 3. The first-order valence-corrected chi connectivity index (χ1v) is 12.8. The number of amides is 2. The van der Waals surface area contributed by atoms with Crippen molar-refractivity contribution in [2.75, 3.05) is 19.0 Å². The number of hydrogen-bond acceptors (Lipinski definition) is 5. The van der Waals surface area contributed by atoms with Gasteiger partial charge in [0.2, 0.25) is 0 Å². The first-order chi connectivity index (χ1) is 17.3. The summed E-state index contributed by atoms with van der Waals surface area (Å²) in [6.45, 7) is 2.05. The van der Waals surface area contributed by atoms with Crippen molar-refractivity contribution in [3.63, 3.8) is 0 Å². The Kier molecular flexibility index (Phi) is 6.38. The highest BCUT2D eigenvalue weighted by Crippen LogP contribution is 2.43. The lowest BCUT2D eigenvalue weighted by Gasteiger charge is -2.31. The standard InChI is InChI=1S/C28H22ClN3O2S2/c1-17-8-10-18(11-9-17)32(24-14-13-23(29)20-6-4-5-7-21(20)24)25-15-12-19(36-25)16-22-26(33)30(2)28(35)31(3)27(22)34/h4-16H,1-3H3. The van der Waals surface area contributed by atoms with E-state index in [0.717, 1.165) is 37.6 Å². The molecule has 0 unspecified atom stereocenters. The molecule has 1 aliphatic heterocycles. The van der Waals surface area contributed by atoms with Gasteiger partial charge >= 0.3 is 0 Å². The molecule has 0 spiro atoms. The van der Waals surface area contributed by atoms with Crippen molar-refractivity contribution in [1.82, 2.24) is 9.80 Å². The molecule has 8 heteroatoms. The van der Waals surface area contributed by atoms with Crippen LogP contribution in [0.3, 0.4) is 0 Å². The minimum Gasteiger partial charge on any atom is -0.301 e. The van der Waals surface area contributed by atoms with Gasteiger partial charge in [-0.25, -0.2) is 0 Å². The second kappa shape index (κ2) is 9.50. The van der Waals surface area contributed by atoms with E-state index < -0.39 is 11.8 Å². The smallest absolute Gasteiger partial charge is 0.265 e. The van der Waals surface area contributed by atoms with Gasteiger partial charge in [-0.05, 0) is 61.6 Å². The number of thiophene rings is 1. The number of likely N-dealkylation sites (N-methyl/N-ethyl adjacent to an activating group) is 2. The first kappa shape index (κ1) is 24.2. The Balaban J connectivity index is 1.63. The van der Waals surface area contributed by atoms with Gasteiger partial charge < -0.3 is 4.90 Å². The Hall–Kier alpha value is -3.52. The summed E-state index contributed by atoms with van der Waals surface area (Å²) in [6, 6.07) is 24.2. The fourth-order valence-corrected chi connectivity index (χ4v) is 5.56. The molecule has 1 saturated heterocycles. The zero-order valence-electron chi connectivity index (χ0n) is 19.9. The molecule has 0 bridgehead atoms. The maximum absolute atomic E-state index is 12.8. The number of hydrogen-bond donors (Lipinski definition) is 0. The molecule has 4 aromatic rings. The molecular formula is C28H22ClN3O2S2. The average Bonchev–Trinajstić information content (AvgIpc) is 3.35. The normalized spacial score (nSPS) is 14.1. The molecule has 0 saturated carbocycles. The number of carbonyl (C=O) groups is 2. The van der Waals surface area contributed by atoms with Gasteiger partial charge in [0.25, 0.3) is 11.8 Å². The van der Waals surface area contributed by atoms with Gasteiger partial charge in [0, 0.05) is 40.5 Å². The van der Waals surface area contributed by atoms with Gasteiger partial charge in [0.05, 0.1) is 5.69 Å². The van der Waals surface area contributed by atoms with Gasteiger partial charge in [-0.2, -0.15) is 0 Å². The number of aryl methyl sites for hydroxylation is 1. The molecule has 3 aromatic carbocycles. The monoisotopic (exact) mass is 531 g/mol. The largest absolute Gasteiger partial charge is 0.301 e. The van der Waals surface area contributed by atoms with Crippen molar-refractivity contribution in [3.8, 4) is 0 Å².